The fraction of sp³-hybridized carbons (Fsp3) is 0.375. The Labute approximate surface area is 128 Å². The predicted molar refractivity (Wildman–Crippen MR) is 85.5 cm³/mol. The molecule has 1 atom stereocenters. The van der Waals surface area contributed by atoms with Gasteiger partial charge in [0.1, 0.15) is 9.88 Å². The number of amides is 1. The summed E-state index contributed by atoms with van der Waals surface area (Å²) in [4.78, 5) is 19.8. The third-order valence-electron chi connectivity index (χ3n) is 3.81. The molecule has 0 aliphatic carbocycles. The summed E-state index contributed by atoms with van der Waals surface area (Å²) in [6, 6.07) is 10.3. The Kier molecular flexibility index (Phi) is 4.31. The van der Waals surface area contributed by atoms with Crippen molar-refractivity contribution in [3.05, 3.63) is 41.4 Å². The standard InChI is InChI=1S/C16H19N3OS/c1-17-10-13-8-5-9-19(13)16(20)14-11-18-15(21-14)12-6-3-2-4-7-12/h2-4,6-7,11,13,17H,5,8-10H2,1H3. The number of nitrogens with zero attached hydrogens (tertiary/aromatic N) is 2. The molecule has 21 heavy (non-hydrogen) atoms. The molecular formula is C16H19N3OS. The summed E-state index contributed by atoms with van der Waals surface area (Å²) >= 11 is 1.48. The minimum absolute atomic E-state index is 0.118. The molecule has 110 valence electrons. The average molecular weight is 301 g/mol. The highest BCUT2D eigenvalue weighted by molar-refractivity contribution is 7.16. The molecule has 1 aromatic carbocycles. The predicted octanol–water partition coefficient (Wildman–Crippen LogP) is 2.63. The molecule has 1 N–H and O–H groups in total. The van der Waals surface area contributed by atoms with E-state index in [-0.39, 0.29) is 5.91 Å². The number of likely N-dealkylation sites (tertiary alicyclic amines) is 1. The molecule has 1 aliphatic heterocycles. The summed E-state index contributed by atoms with van der Waals surface area (Å²) in [6.07, 6.45) is 3.88. The van der Waals surface area contributed by atoms with Crippen molar-refractivity contribution < 1.29 is 4.79 Å². The number of hydrogen-bond acceptors (Lipinski definition) is 4. The molecule has 2 aromatic rings. The Balaban J connectivity index is 1.78. The van der Waals surface area contributed by atoms with Crippen LogP contribution in [-0.4, -0.2) is 42.0 Å². The van der Waals surface area contributed by atoms with Gasteiger partial charge < -0.3 is 10.2 Å². The van der Waals surface area contributed by atoms with Crippen molar-refractivity contribution >= 4 is 17.2 Å². The van der Waals surface area contributed by atoms with Gasteiger partial charge in [-0.05, 0) is 19.9 Å². The second-order valence-electron chi connectivity index (χ2n) is 5.25. The molecule has 2 heterocycles. The molecule has 1 amide bonds. The summed E-state index contributed by atoms with van der Waals surface area (Å²) in [5.41, 5.74) is 1.06. The van der Waals surface area contributed by atoms with Crippen molar-refractivity contribution in [2.24, 2.45) is 0 Å². The summed E-state index contributed by atoms with van der Waals surface area (Å²) < 4.78 is 0. The van der Waals surface area contributed by atoms with E-state index in [1.54, 1.807) is 6.20 Å². The first-order chi connectivity index (χ1) is 10.3. The molecule has 0 radical (unpaired) electrons. The minimum atomic E-state index is 0.118. The van der Waals surface area contributed by atoms with E-state index in [4.69, 9.17) is 0 Å². The minimum Gasteiger partial charge on any atom is -0.334 e. The van der Waals surface area contributed by atoms with Crippen LogP contribution in [0.5, 0.6) is 0 Å². The van der Waals surface area contributed by atoms with Gasteiger partial charge >= 0.3 is 0 Å². The molecule has 0 saturated carbocycles. The number of nitrogens with one attached hydrogen (secondary N) is 1. The molecule has 5 heteroatoms. The number of benzene rings is 1. The summed E-state index contributed by atoms with van der Waals surface area (Å²) in [5.74, 6) is 0.118. The van der Waals surface area contributed by atoms with Gasteiger partial charge in [0.2, 0.25) is 0 Å². The Morgan fingerprint density at radius 3 is 3.00 bits per heavy atom. The lowest BCUT2D eigenvalue weighted by molar-refractivity contribution is 0.0741. The van der Waals surface area contributed by atoms with Gasteiger partial charge in [0.15, 0.2) is 0 Å². The van der Waals surface area contributed by atoms with Crippen LogP contribution in [0.1, 0.15) is 22.5 Å². The Morgan fingerprint density at radius 1 is 1.43 bits per heavy atom. The number of likely N-dealkylation sites (N-methyl/N-ethyl adjacent to an activating group) is 1. The zero-order valence-electron chi connectivity index (χ0n) is 12.1. The van der Waals surface area contributed by atoms with Crippen LogP contribution in [0.15, 0.2) is 36.5 Å². The molecule has 3 rings (SSSR count). The van der Waals surface area contributed by atoms with Crippen molar-refractivity contribution in [1.29, 1.82) is 0 Å². The quantitative estimate of drug-likeness (QED) is 0.944. The maximum atomic E-state index is 12.6. The Hall–Kier alpha value is -1.72. The smallest absolute Gasteiger partial charge is 0.265 e. The van der Waals surface area contributed by atoms with Crippen molar-refractivity contribution in [2.75, 3.05) is 20.1 Å². The SMILES string of the molecule is CNCC1CCCN1C(=O)c1cnc(-c2ccccc2)s1. The molecule has 1 unspecified atom stereocenters. The molecule has 4 nitrogen and oxygen atoms in total. The monoisotopic (exact) mass is 301 g/mol. The topological polar surface area (TPSA) is 45.2 Å². The maximum absolute atomic E-state index is 12.6. The summed E-state index contributed by atoms with van der Waals surface area (Å²) in [6.45, 7) is 1.71. The van der Waals surface area contributed by atoms with Gasteiger partial charge in [0.05, 0.1) is 6.20 Å². The first-order valence-electron chi connectivity index (χ1n) is 7.26. The number of aromatic nitrogens is 1. The van der Waals surface area contributed by atoms with Gasteiger partial charge in [-0.1, -0.05) is 30.3 Å². The van der Waals surface area contributed by atoms with Gasteiger partial charge in [-0.15, -0.1) is 11.3 Å². The Bertz CT molecular complexity index is 611. The number of carbonyl (C=O) groups is 1. The van der Waals surface area contributed by atoms with E-state index in [9.17, 15) is 4.79 Å². The van der Waals surface area contributed by atoms with Crippen molar-refractivity contribution in [3.63, 3.8) is 0 Å². The maximum Gasteiger partial charge on any atom is 0.265 e. The van der Waals surface area contributed by atoms with Crippen LogP contribution >= 0.6 is 11.3 Å². The van der Waals surface area contributed by atoms with E-state index >= 15 is 0 Å². The van der Waals surface area contributed by atoms with E-state index in [1.165, 1.54) is 11.3 Å². The van der Waals surface area contributed by atoms with Crippen LogP contribution in [0.4, 0.5) is 0 Å². The third kappa shape index (κ3) is 2.99. The van der Waals surface area contributed by atoms with E-state index in [1.807, 2.05) is 42.3 Å². The summed E-state index contributed by atoms with van der Waals surface area (Å²) in [5, 5.41) is 4.08. The average Bonchev–Trinajstić information content (AvgIpc) is 3.17. The molecule has 1 fully saturated rings. The molecule has 0 spiro atoms. The number of rotatable bonds is 4. The second kappa shape index (κ2) is 6.37. The highest BCUT2D eigenvalue weighted by Crippen LogP contribution is 2.27. The van der Waals surface area contributed by atoms with Crippen LogP contribution < -0.4 is 5.32 Å². The third-order valence-corrected chi connectivity index (χ3v) is 4.85. The fourth-order valence-electron chi connectivity index (χ4n) is 2.78. The fourth-order valence-corrected chi connectivity index (χ4v) is 3.66. The first-order valence-corrected chi connectivity index (χ1v) is 8.08. The molecule has 1 aliphatic rings. The first kappa shape index (κ1) is 14.2. The molecular weight excluding hydrogens is 282 g/mol. The lowest BCUT2D eigenvalue weighted by Gasteiger charge is -2.23. The lowest BCUT2D eigenvalue weighted by atomic mass is 10.2. The van der Waals surface area contributed by atoms with Crippen LogP contribution in [0, 0.1) is 0 Å². The molecule has 0 bridgehead atoms. The van der Waals surface area contributed by atoms with Gasteiger partial charge in [0.25, 0.3) is 5.91 Å². The normalized spacial score (nSPS) is 18.1. The van der Waals surface area contributed by atoms with Crippen LogP contribution in [0.2, 0.25) is 0 Å². The number of hydrogen-bond donors (Lipinski definition) is 1. The van der Waals surface area contributed by atoms with E-state index in [2.05, 4.69) is 10.3 Å². The van der Waals surface area contributed by atoms with Gasteiger partial charge in [0, 0.05) is 24.7 Å². The van der Waals surface area contributed by atoms with Crippen molar-refractivity contribution in [3.8, 4) is 10.6 Å². The Morgan fingerprint density at radius 2 is 2.24 bits per heavy atom. The van der Waals surface area contributed by atoms with E-state index in [0.29, 0.717) is 6.04 Å². The van der Waals surface area contributed by atoms with Crippen LogP contribution in [-0.2, 0) is 0 Å². The van der Waals surface area contributed by atoms with Gasteiger partial charge in [-0.2, -0.15) is 0 Å². The number of carbonyl (C=O) groups excluding carboxylic acids is 1. The number of thiazole rings is 1. The largest absolute Gasteiger partial charge is 0.334 e. The highest BCUT2D eigenvalue weighted by Gasteiger charge is 2.29. The highest BCUT2D eigenvalue weighted by atomic mass is 32.1. The van der Waals surface area contributed by atoms with E-state index in [0.717, 1.165) is 41.4 Å². The lowest BCUT2D eigenvalue weighted by Crippen LogP contribution is -2.40. The van der Waals surface area contributed by atoms with E-state index < -0.39 is 0 Å². The van der Waals surface area contributed by atoms with Crippen molar-refractivity contribution in [2.45, 2.75) is 18.9 Å². The van der Waals surface area contributed by atoms with Crippen LogP contribution in [0.3, 0.4) is 0 Å². The zero-order chi connectivity index (χ0) is 14.7. The van der Waals surface area contributed by atoms with Gasteiger partial charge in [-0.25, -0.2) is 4.98 Å². The molecule has 1 aromatic heterocycles. The van der Waals surface area contributed by atoms with Crippen molar-refractivity contribution in [1.82, 2.24) is 15.2 Å². The zero-order valence-corrected chi connectivity index (χ0v) is 12.9. The second-order valence-corrected chi connectivity index (χ2v) is 6.28. The summed E-state index contributed by atoms with van der Waals surface area (Å²) in [7, 11) is 1.93. The molecule has 1 saturated heterocycles. The van der Waals surface area contributed by atoms with Crippen LogP contribution in [0.25, 0.3) is 10.6 Å². The van der Waals surface area contributed by atoms with Gasteiger partial charge in [-0.3, -0.25) is 4.79 Å².